The molecule has 1 aliphatic rings. The molecule has 0 amide bonds. The van der Waals surface area contributed by atoms with Gasteiger partial charge in [-0.1, -0.05) is 19.0 Å². The fraction of sp³-hybridized carbons (Fsp3) is 0.786. The van der Waals surface area contributed by atoms with E-state index in [0.717, 1.165) is 37.6 Å². The number of nitrogens with one attached hydrogen (secondary N) is 1. The Morgan fingerprint density at radius 2 is 2.22 bits per heavy atom. The summed E-state index contributed by atoms with van der Waals surface area (Å²) in [6, 6.07) is 0. The number of piperidine rings is 1. The Morgan fingerprint density at radius 1 is 1.44 bits per heavy atom. The SMILES string of the molecule is Cc1noc(C)c1C1CCNCC1OCC(C)C. The maximum absolute atomic E-state index is 6.06. The Hall–Kier alpha value is -0.870. The average Bonchev–Trinajstić information content (AvgIpc) is 2.67. The highest BCUT2D eigenvalue weighted by Gasteiger charge is 2.31. The van der Waals surface area contributed by atoms with Gasteiger partial charge in [-0.15, -0.1) is 0 Å². The van der Waals surface area contributed by atoms with Crippen molar-refractivity contribution in [1.82, 2.24) is 10.5 Å². The van der Waals surface area contributed by atoms with E-state index < -0.39 is 0 Å². The number of nitrogens with zero attached hydrogens (tertiary/aromatic N) is 1. The van der Waals surface area contributed by atoms with Crippen molar-refractivity contribution >= 4 is 0 Å². The van der Waals surface area contributed by atoms with Crippen molar-refractivity contribution in [2.75, 3.05) is 19.7 Å². The lowest BCUT2D eigenvalue weighted by atomic mass is 9.86. The molecule has 2 atom stereocenters. The van der Waals surface area contributed by atoms with Crippen LogP contribution in [0.4, 0.5) is 0 Å². The van der Waals surface area contributed by atoms with Crippen LogP contribution < -0.4 is 5.32 Å². The van der Waals surface area contributed by atoms with Crippen molar-refractivity contribution in [1.29, 1.82) is 0 Å². The predicted octanol–water partition coefficient (Wildman–Crippen LogP) is 2.41. The van der Waals surface area contributed by atoms with Crippen molar-refractivity contribution in [3.63, 3.8) is 0 Å². The normalized spacial score (nSPS) is 24.7. The summed E-state index contributed by atoms with van der Waals surface area (Å²) < 4.78 is 11.4. The minimum absolute atomic E-state index is 0.234. The van der Waals surface area contributed by atoms with Crippen LogP contribution in [0.15, 0.2) is 4.52 Å². The molecule has 0 aliphatic carbocycles. The minimum Gasteiger partial charge on any atom is -0.376 e. The van der Waals surface area contributed by atoms with Crippen LogP contribution >= 0.6 is 0 Å². The maximum atomic E-state index is 6.06. The van der Waals surface area contributed by atoms with E-state index in [1.54, 1.807) is 0 Å². The Labute approximate surface area is 109 Å². The molecule has 4 nitrogen and oxygen atoms in total. The van der Waals surface area contributed by atoms with E-state index >= 15 is 0 Å². The molecule has 102 valence electrons. The van der Waals surface area contributed by atoms with Gasteiger partial charge in [0.1, 0.15) is 5.76 Å². The number of hydrogen-bond donors (Lipinski definition) is 1. The maximum Gasteiger partial charge on any atom is 0.137 e. The molecule has 1 N–H and O–H groups in total. The Balaban J connectivity index is 2.12. The minimum atomic E-state index is 0.234. The third kappa shape index (κ3) is 2.93. The standard InChI is InChI=1S/C14H24N2O2/c1-9(2)8-17-13-7-15-6-5-12(13)14-10(3)16-18-11(14)4/h9,12-13,15H,5-8H2,1-4H3. The van der Waals surface area contributed by atoms with Crippen LogP contribution in [0.25, 0.3) is 0 Å². The first kappa shape index (κ1) is 13.6. The van der Waals surface area contributed by atoms with Gasteiger partial charge in [-0.2, -0.15) is 0 Å². The molecule has 1 aromatic heterocycles. The third-order valence-corrected chi connectivity index (χ3v) is 3.53. The first-order chi connectivity index (χ1) is 8.59. The summed E-state index contributed by atoms with van der Waals surface area (Å²) in [6.45, 7) is 11.1. The zero-order chi connectivity index (χ0) is 13.1. The van der Waals surface area contributed by atoms with Gasteiger partial charge in [0.05, 0.1) is 11.8 Å². The van der Waals surface area contributed by atoms with Gasteiger partial charge in [0, 0.05) is 24.6 Å². The number of hydrogen-bond acceptors (Lipinski definition) is 4. The third-order valence-electron chi connectivity index (χ3n) is 3.53. The lowest BCUT2D eigenvalue weighted by Crippen LogP contribution is -2.41. The number of rotatable bonds is 4. The topological polar surface area (TPSA) is 47.3 Å². The smallest absolute Gasteiger partial charge is 0.137 e. The molecule has 2 heterocycles. The molecule has 2 unspecified atom stereocenters. The van der Waals surface area contributed by atoms with Crippen LogP contribution in [0, 0.1) is 19.8 Å². The summed E-state index contributed by atoms with van der Waals surface area (Å²) in [7, 11) is 0. The Morgan fingerprint density at radius 3 is 2.83 bits per heavy atom. The van der Waals surface area contributed by atoms with E-state index in [0.29, 0.717) is 11.8 Å². The highest BCUT2D eigenvalue weighted by Crippen LogP contribution is 2.32. The second kappa shape index (κ2) is 5.85. The van der Waals surface area contributed by atoms with Crippen molar-refractivity contribution in [2.24, 2.45) is 5.92 Å². The van der Waals surface area contributed by atoms with Crippen LogP contribution in [0.5, 0.6) is 0 Å². The number of aryl methyl sites for hydroxylation is 2. The zero-order valence-electron chi connectivity index (χ0n) is 11.8. The highest BCUT2D eigenvalue weighted by molar-refractivity contribution is 5.27. The number of aromatic nitrogens is 1. The van der Waals surface area contributed by atoms with E-state index in [2.05, 4.69) is 24.3 Å². The summed E-state index contributed by atoms with van der Waals surface area (Å²) in [5.41, 5.74) is 2.27. The van der Waals surface area contributed by atoms with E-state index in [1.165, 1.54) is 5.56 Å². The van der Waals surface area contributed by atoms with Crippen LogP contribution in [0.1, 0.15) is 43.2 Å². The van der Waals surface area contributed by atoms with Gasteiger partial charge >= 0.3 is 0 Å². The molecule has 18 heavy (non-hydrogen) atoms. The van der Waals surface area contributed by atoms with Crippen molar-refractivity contribution in [3.05, 3.63) is 17.0 Å². The van der Waals surface area contributed by atoms with Gasteiger partial charge in [-0.05, 0) is 32.7 Å². The number of ether oxygens (including phenoxy) is 1. The van der Waals surface area contributed by atoms with Gasteiger partial charge in [-0.25, -0.2) is 0 Å². The van der Waals surface area contributed by atoms with Gasteiger partial charge in [0.25, 0.3) is 0 Å². The van der Waals surface area contributed by atoms with Gasteiger partial charge < -0.3 is 14.6 Å². The van der Waals surface area contributed by atoms with E-state index in [4.69, 9.17) is 9.26 Å². The predicted molar refractivity (Wildman–Crippen MR) is 70.8 cm³/mol. The highest BCUT2D eigenvalue weighted by atomic mass is 16.5. The Kier molecular flexibility index (Phi) is 4.40. The molecule has 0 spiro atoms. The molecule has 2 rings (SSSR count). The lowest BCUT2D eigenvalue weighted by molar-refractivity contribution is 0.00743. The van der Waals surface area contributed by atoms with E-state index in [-0.39, 0.29) is 6.10 Å². The van der Waals surface area contributed by atoms with Gasteiger partial charge in [0.2, 0.25) is 0 Å². The van der Waals surface area contributed by atoms with Crippen molar-refractivity contribution < 1.29 is 9.26 Å². The van der Waals surface area contributed by atoms with E-state index in [1.807, 2.05) is 13.8 Å². The monoisotopic (exact) mass is 252 g/mol. The van der Waals surface area contributed by atoms with Crippen molar-refractivity contribution in [3.8, 4) is 0 Å². The van der Waals surface area contributed by atoms with Gasteiger partial charge in [0.15, 0.2) is 0 Å². The fourth-order valence-electron chi connectivity index (χ4n) is 2.67. The molecule has 1 saturated heterocycles. The lowest BCUT2D eigenvalue weighted by Gasteiger charge is -2.32. The quantitative estimate of drug-likeness (QED) is 0.894. The second-order valence-corrected chi connectivity index (χ2v) is 5.60. The van der Waals surface area contributed by atoms with Crippen LogP contribution in [-0.2, 0) is 4.74 Å². The first-order valence-electron chi connectivity index (χ1n) is 6.84. The van der Waals surface area contributed by atoms with Crippen LogP contribution in [-0.4, -0.2) is 31.0 Å². The molecule has 1 aromatic rings. The molecule has 4 heteroatoms. The summed E-state index contributed by atoms with van der Waals surface area (Å²) in [5.74, 6) is 1.92. The molecule has 0 saturated carbocycles. The summed E-state index contributed by atoms with van der Waals surface area (Å²) in [5, 5.41) is 7.48. The molecule has 0 aromatic carbocycles. The second-order valence-electron chi connectivity index (χ2n) is 5.60. The molecule has 0 radical (unpaired) electrons. The summed E-state index contributed by atoms with van der Waals surface area (Å²) >= 11 is 0. The largest absolute Gasteiger partial charge is 0.376 e. The molecule has 1 fully saturated rings. The summed E-state index contributed by atoms with van der Waals surface area (Å²) in [4.78, 5) is 0. The molecular weight excluding hydrogens is 228 g/mol. The van der Waals surface area contributed by atoms with Crippen molar-refractivity contribution in [2.45, 2.75) is 46.1 Å². The molecule has 1 aliphatic heterocycles. The average molecular weight is 252 g/mol. The van der Waals surface area contributed by atoms with Gasteiger partial charge in [-0.3, -0.25) is 0 Å². The summed E-state index contributed by atoms with van der Waals surface area (Å²) in [6.07, 6.45) is 1.32. The fourth-order valence-corrected chi connectivity index (χ4v) is 2.67. The molecular formula is C14H24N2O2. The van der Waals surface area contributed by atoms with Crippen LogP contribution in [0.2, 0.25) is 0 Å². The first-order valence-corrected chi connectivity index (χ1v) is 6.84. The molecule has 0 bridgehead atoms. The van der Waals surface area contributed by atoms with Crippen LogP contribution in [0.3, 0.4) is 0 Å². The zero-order valence-corrected chi connectivity index (χ0v) is 11.8. The van der Waals surface area contributed by atoms with E-state index in [9.17, 15) is 0 Å². The Bertz CT molecular complexity index is 368.